The number of hydrogen-bond acceptors (Lipinski definition) is 6. The van der Waals surface area contributed by atoms with E-state index >= 15 is 0 Å². The number of guanidine groups is 1. The summed E-state index contributed by atoms with van der Waals surface area (Å²) in [4.78, 5) is 38.8. The van der Waals surface area contributed by atoms with Crippen LogP contribution >= 0.6 is 0 Å². The number of carboxylic acids is 1. The number of carbonyl (C=O) groups excluding carboxylic acids is 2. The van der Waals surface area contributed by atoms with Gasteiger partial charge in [0.1, 0.15) is 11.8 Å². The van der Waals surface area contributed by atoms with Gasteiger partial charge in [-0.05, 0) is 37.0 Å². The van der Waals surface area contributed by atoms with Crippen LogP contribution in [0.25, 0.3) is 0 Å². The molecule has 0 unspecified atom stereocenters. The molecule has 0 spiro atoms. The van der Waals surface area contributed by atoms with E-state index in [4.69, 9.17) is 22.3 Å². The van der Waals surface area contributed by atoms with Crippen LogP contribution in [0, 0.1) is 0 Å². The molecular weight excluding hydrogens is 368 g/mol. The fourth-order valence-electron chi connectivity index (χ4n) is 2.28. The molecule has 2 atom stereocenters. The number of nitrogens with one attached hydrogen (secondary N) is 2. The van der Waals surface area contributed by atoms with E-state index in [0.717, 1.165) is 5.56 Å². The Labute approximate surface area is 162 Å². The standard InChI is InChI=1S/C17H26N6O5/c18-12(8-10-3-5-11(24)6-4-10)15(26)22-9-14(25)23-13(16(27)28)2-1-7-21-17(19)20/h3-6,12-13,24H,1-2,7-9,18H2,(H,22,26)(H,23,25)(H,27,28)(H4,19,20,21)/t12-,13-/m0/s1. The number of phenols is 1. The number of amides is 2. The van der Waals surface area contributed by atoms with Crippen molar-refractivity contribution < 1.29 is 24.6 Å². The minimum Gasteiger partial charge on any atom is -0.508 e. The molecule has 1 rings (SSSR count). The van der Waals surface area contributed by atoms with Gasteiger partial charge in [0.2, 0.25) is 11.8 Å². The summed E-state index contributed by atoms with van der Waals surface area (Å²) < 4.78 is 0. The lowest BCUT2D eigenvalue weighted by Crippen LogP contribution is -2.49. The molecular formula is C17H26N6O5. The normalized spacial score (nSPS) is 12.5. The highest BCUT2D eigenvalue weighted by Crippen LogP contribution is 2.10. The van der Waals surface area contributed by atoms with Crippen LogP contribution in [0.5, 0.6) is 5.75 Å². The monoisotopic (exact) mass is 394 g/mol. The van der Waals surface area contributed by atoms with E-state index in [-0.39, 0.29) is 31.1 Å². The lowest BCUT2D eigenvalue weighted by molar-refractivity contribution is -0.141. The topological polar surface area (TPSA) is 206 Å². The summed E-state index contributed by atoms with van der Waals surface area (Å²) in [5.41, 5.74) is 16.9. The Kier molecular flexibility index (Phi) is 9.23. The molecule has 11 nitrogen and oxygen atoms in total. The SMILES string of the molecule is NC(N)=NCCC[C@H](NC(=O)CNC(=O)[C@@H](N)Cc1ccc(O)cc1)C(=O)O. The molecule has 0 saturated heterocycles. The molecule has 11 heteroatoms. The maximum atomic E-state index is 12.0. The van der Waals surface area contributed by atoms with Crippen molar-refractivity contribution in [3.8, 4) is 5.75 Å². The van der Waals surface area contributed by atoms with E-state index in [1.54, 1.807) is 12.1 Å². The first-order valence-corrected chi connectivity index (χ1v) is 8.57. The summed E-state index contributed by atoms with van der Waals surface area (Å²) in [5, 5.41) is 23.1. The van der Waals surface area contributed by atoms with E-state index in [9.17, 15) is 19.5 Å². The molecule has 0 radical (unpaired) electrons. The summed E-state index contributed by atoms with van der Waals surface area (Å²) in [6.45, 7) is -0.162. The van der Waals surface area contributed by atoms with E-state index in [2.05, 4.69) is 15.6 Å². The summed E-state index contributed by atoms with van der Waals surface area (Å²) >= 11 is 0. The summed E-state index contributed by atoms with van der Waals surface area (Å²) in [5.74, 6) is -2.40. The summed E-state index contributed by atoms with van der Waals surface area (Å²) in [6.07, 6.45) is 0.710. The van der Waals surface area contributed by atoms with Crippen LogP contribution in [0.4, 0.5) is 0 Å². The van der Waals surface area contributed by atoms with Gasteiger partial charge in [-0.1, -0.05) is 12.1 Å². The van der Waals surface area contributed by atoms with Crippen LogP contribution in [0.15, 0.2) is 29.3 Å². The number of nitrogens with zero attached hydrogens (tertiary/aromatic N) is 1. The predicted molar refractivity (Wildman–Crippen MR) is 102 cm³/mol. The average molecular weight is 394 g/mol. The molecule has 1 aromatic carbocycles. The van der Waals surface area contributed by atoms with Gasteiger partial charge in [0.05, 0.1) is 12.6 Å². The molecule has 28 heavy (non-hydrogen) atoms. The molecule has 0 bridgehead atoms. The minimum atomic E-state index is -1.20. The van der Waals surface area contributed by atoms with Gasteiger partial charge in [-0.25, -0.2) is 4.79 Å². The molecule has 0 aromatic heterocycles. The number of nitrogens with two attached hydrogens (primary N) is 3. The Morgan fingerprint density at radius 3 is 2.36 bits per heavy atom. The van der Waals surface area contributed by atoms with Crippen LogP contribution in [0.3, 0.4) is 0 Å². The van der Waals surface area contributed by atoms with Gasteiger partial charge in [0.25, 0.3) is 0 Å². The number of carboxylic acid groups (broad SMARTS) is 1. The maximum Gasteiger partial charge on any atom is 0.326 e. The Bertz CT molecular complexity index is 702. The number of phenolic OH excluding ortho intramolecular Hbond substituents is 1. The fraction of sp³-hybridized carbons (Fsp3) is 0.412. The molecule has 0 aliphatic heterocycles. The van der Waals surface area contributed by atoms with Crippen molar-refractivity contribution in [2.24, 2.45) is 22.2 Å². The van der Waals surface area contributed by atoms with Gasteiger partial charge in [0.15, 0.2) is 5.96 Å². The molecule has 2 amide bonds. The van der Waals surface area contributed by atoms with Crippen molar-refractivity contribution in [1.29, 1.82) is 0 Å². The number of carbonyl (C=O) groups is 3. The summed E-state index contributed by atoms with van der Waals surface area (Å²) in [6, 6.07) is 4.21. The van der Waals surface area contributed by atoms with Crippen molar-refractivity contribution >= 4 is 23.7 Å². The zero-order valence-corrected chi connectivity index (χ0v) is 15.3. The molecule has 0 heterocycles. The third kappa shape index (κ3) is 8.85. The second kappa shape index (κ2) is 11.4. The highest BCUT2D eigenvalue weighted by atomic mass is 16.4. The third-order valence-corrected chi connectivity index (χ3v) is 3.73. The third-order valence-electron chi connectivity index (χ3n) is 3.73. The molecule has 0 aliphatic rings. The number of rotatable bonds is 11. The zero-order chi connectivity index (χ0) is 21.1. The van der Waals surface area contributed by atoms with Crippen LogP contribution in [0.1, 0.15) is 18.4 Å². The van der Waals surface area contributed by atoms with Crippen molar-refractivity contribution in [1.82, 2.24) is 10.6 Å². The molecule has 154 valence electrons. The predicted octanol–water partition coefficient (Wildman–Crippen LogP) is -2.00. The summed E-state index contributed by atoms with van der Waals surface area (Å²) in [7, 11) is 0. The Morgan fingerprint density at radius 1 is 1.14 bits per heavy atom. The lowest BCUT2D eigenvalue weighted by atomic mass is 10.1. The Hall–Kier alpha value is -3.34. The second-order valence-electron chi connectivity index (χ2n) is 6.10. The lowest BCUT2D eigenvalue weighted by Gasteiger charge is -2.16. The number of hydrogen-bond donors (Lipinski definition) is 7. The zero-order valence-electron chi connectivity index (χ0n) is 15.3. The van der Waals surface area contributed by atoms with Crippen molar-refractivity contribution in [2.45, 2.75) is 31.3 Å². The molecule has 0 aliphatic carbocycles. The van der Waals surface area contributed by atoms with Crippen molar-refractivity contribution in [3.63, 3.8) is 0 Å². The van der Waals surface area contributed by atoms with Crippen LogP contribution < -0.4 is 27.8 Å². The van der Waals surface area contributed by atoms with Gasteiger partial charge in [-0.2, -0.15) is 0 Å². The number of benzene rings is 1. The van der Waals surface area contributed by atoms with Crippen LogP contribution in [-0.2, 0) is 20.8 Å². The van der Waals surface area contributed by atoms with E-state index < -0.39 is 36.4 Å². The maximum absolute atomic E-state index is 12.0. The largest absolute Gasteiger partial charge is 0.508 e. The second-order valence-corrected chi connectivity index (χ2v) is 6.10. The Balaban J connectivity index is 2.41. The highest BCUT2D eigenvalue weighted by molar-refractivity contribution is 5.89. The first-order chi connectivity index (χ1) is 13.2. The van der Waals surface area contributed by atoms with Crippen molar-refractivity contribution in [3.05, 3.63) is 29.8 Å². The number of aromatic hydroxyl groups is 1. The molecule has 10 N–H and O–H groups in total. The minimum absolute atomic E-state index is 0.0951. The van der Waals surface area contributed by atoms with Crippen molar-refractivity contribution in [2.75, 3.05) is 13.1 Å². The van der Waals surface area contributed by atoms with Crippen LogP contribution in [0.2, 0.25) is 0 Å². The number of aliphatic imine (C=N–C) groups is 1. The fourth-order valence-corrected chi connectivity index (χ4v) is 2.28. The van der Waals surface area contributed by atoms with Gasteiger partial charge in [-0.15, -0.1) is 0 Å². The van der Waals surface area contributed by atoms with E-state index in [1.165, 1.54) is 12.1 Å². The molecule has 0 fully saturated rings. The van der Waals surface area contributed by atoms with Gasteiger partial charge in [-0.3, -0.25) is 14.6 Å². The molecule has 1 aromatic rings. The highest BCUT2D eigenvalue weighted by Gasteiger charge is 2.20. The first-order valence-electron chi connectivity index (χ1n) is 8.57. The number of aliphatic carboxylic acids is 1. The first kappa shape index (κ1) is 22.7. The quantitative estimate of drug-likeness (QED) is 0.127. The molecule has 0 saturated carbocycles. The van der Waals surface area contributed by atoms with Gasteiger partial charge in [0, 0.05) is 6.54 Å². The van der Waals surface area contributed by atoms with Gasteiger partial charge < -0.3 is 38.0 Å². The van der Waals surface area contributed by atoms with E-state index in [0.29, 0.717) is 6.42 Å². The smallest absolute Gasteiger partial charge is 0.326 e. The van der Waals surface area contributed by atoms with Crippen LogP contribution in [-0.4, -0.2) is 59.1 Å². The Morgan fingerprint density at radius 2 is 1.79 bits per heavy atom. The van der Waals surface area contributed by atoms with E-state index in [1.807, 2.05) is 0 Å². The van der Waals surface area contributed by atoms with Gasteiger partial charge >= 0.3 is 5.97 Å². The average Bonchev–Trinajstić information content (AvgIpc) is 2.63.